The predicted molar refractivity (Wildman–Crippen MR) is 139 cm³/mol. The summed E-state index contributed by atoms with van der Waals surface area (Å²) in [6, 6.07) is 12.2. The van der Waals surface area contributed by atoms with Crippen LogP contribution in [-0.4, -0.2) is 49.0 Å². The van der Waals surface area contributed by atoms with Crippen molar-refractivity contribution in [1.29, 1.82) is 0 Å². The molecule has 2 fully saturated rings. The van der Waals surface area contributed by atoms with Crippen LogP contribution in [0.5, 0.6) is 0 Å². The third-order valence-corrected chi connectivity index (χ3v) is 7.88. The van der Waals surface area contributed by atoms with Crippen LogP contribution in [0, 0.1) is 11.3 Å². The van der Waals surface area contributed by atoms with Crippen LogP contribution in [0.4, 0.5) is 0 Å². The molecule has 4 heterocycles. The van der Waals surface area contributed by atoms with Crippen molar-refractivity contribution in [2.45, 2.75) is 52.1 Å². The molecule has 1 aromatic carbocycles. The van der Waals surface area contributed by atoms with Crippen LogP contribution in [0.3, 0.4) is 0 Å². The molecule has 1 atom stereocenters. The number of fused-ring (bicyclic) bond motifs is 2. The number of aryl methyl sites for hydroxylation is 1. The van der Waals surface area contributed by atoms with Crippen LogP contribution in [-0.2, 0) is 13.6 Å². The van der Waals surface area contributed by atoms with E-state index in [1.807, 2.05) is 35.4 Å². The molecule has 6 rings (SSSR count). The van der Waals surface area contributed by atoms with Crippen molar-refractivity contribution in [2.75, 3.05) is 13.1 Å². The second kappa shape index (κ2) is 8.19. The molecule has 1 amide bonds. The lowest BCUT2D eigenvalue weighted by Gasteiger charge is -2.43. The number of imidazole rings is 1. The predicted octanol–water partition coefficient (Wildman–Crippen LogP) is 4.59. The van der Waals surface area contributed by atoms with Gasteiger partial charge in [0.05, 0.1) is 16.7 Å². The molecular formula is C28H34N6O. The number of piperidine rings is 1. The Kier molecular flexibility index (Phi) is 5.22. The zero-order chi connectivity index (χ0) is 24.3. The summed E-state index contributed by atoms with van der Waals surface area (Å²) in [4.78, 5) is 24.8. The van der Waals surface area contributed by atoms with Gasteiger partial charge in [-0.2, -0.15) is 0 Å². The Bertz CT molecular complexity index is 1420. The first-order valence-corrected chi connectivity index (χ1v) is 12.7. The van der Waals surface area contributed by atoms with E-state index in [9.17, 15) is 4.79 Å². The average molecular weight is 471 g/mol. The number of hydrogen-bond acceptors (Lipinski definition) is 4. The zero-order valence-electron chi connectivity index (χ0n) is 20.9. The molecule has 0 unspecified atom stereocenters. The number of aromatic nitrogens is 4. The number of amides is 1. The third-order valence-electron chi connectivity index (χ3n) is 7.88. The highest BCUT2D eigenvalue weighted by Crippen LogP contribution is 2.46. The van der Waals surface area contributed by atoms with Gasteiger partial charge in [0.15, 0.2) is 5.82 Å². The fraction of sp³-hybridized carbons (Fsp3) is 0.464. The molecule has 35 heavy (non-hydrogen) atoms. The maximum atomic E-state index is 13.2. The number of pyridine rings is 1. The smallest absolute Gasteiger partial charge is 0.253 e. The Balaban J connectivity index is 1.39. The molecule has 2 N–H and O–H groups in total. The van der Waals surface area contributed by atoms with Gasteiger partial charge in [0.2, 0.25) is 0 Å². The fourth-order valence-electron chi connectivity index (χ4n) is 6.29. The SMILES string of the molecule is Cn1c(-c2cc3cccnc3n2CC2CC(C)(C)C2)nc2cc(C(=O)N3CCC[C@@H](N)C3)ccc21. The first kappa shape index (κ1) is 22.3. The van der Waals surface area contributed by atoms with Gasteiger partial charge in [-0.25, -0.2) is 9.97 Å². The van der Waals surface area contributed by atoms with Gasteiger partial charge >= 0.3 is 0 Å². The molecular weight excluding hydrogens is 436 g/mol. The van der Waals surface area contributed by atoms with Gasteiger partial charge in [0, 0.05) is 49.9 Å². The standard InChI is InChI=1S/C28H34N6O/c1-28(2)14-18(15-28)16-34-24(13-19-6-4-10-30-25(19)34)26-31-22-12-20(8-9-23(22)32(26)3)27(35)33-11-5-7-21(29)17-33/h4,6,8-10,12-13,18,21H,5,7,11,14-17,29H2,1-3H3/t21-/m1/s1. The molecule has 1 saturated heterocycles. The number of likely N-dealkylation sites (tertiary alicyclic amines) is 1. The molecule has 0 bridgehead atoms. The van der Waals surface area contributed by atoms with E-state index in [4.69, 9.17) is 15.7 Å². The van der Waals surface area contributed by atoms with Crippen molar-refractivity contribution < 1.29 is 4.79 Å². The number of nitrogens with two attached hydrogens (primary N) is 1. The van der Waals surface area contributed by atoms with Crippen LogP contribution in [0.1, 0.15) is 49.9 Å². The minimum absolute atomic E-state index is 0.0418. The van der Waals surface area contributed by atoms with Crippen molar-refractivity contribution in [3.05, 3.63) is 48.2 Å². The highest BCUT2D eigenvalue weighted by molar-refractivity contribution is 5.98. The highest BCUT2D eigenvalue weighted by Gasteiger charge is 2.36. The lowest BCUT2D eigenvalue weighted by molar-refractivity contribution is 0.0709. The van der Waals surface area contributed by atoms with Gasteiger partial charge in [-0.05, 0) is 73.4 Å². The van der Waals surface area contributed by atoms with E-state index in [0.29, 0.717) is 23.4 Å². The van der Waals surface area contributed by atoms with Gasteiger partial charge < -0.3 is 19.8 Å². The Hall–Kier alpha value is -3.19. The summed E-state index contributed by atoms with van der Waals surface area (Å²) in [5.74, 6) is 1.59. The van der Waals surface area contributed by atoms with Gasteiger partial charge in [-0.3, -0.25) is 4.79 Å². The number of nitrogens with zero attached hydrogens (tertiary/aromatic N) is 5. The Morgan fingerprint density at radius 3 is 2.80 bits per heavy atom. The largest absolute Gasteiger partial charge is 0.337 e. The fourth-order valence-corrected chi connectivity index (χ4v) is 6.29. The number of rotatable bonds is 4. The molecule has 1 aliphatic carbocycles. The summed E-state index contributed by atoms with van der Waals surface area (Å²) in [7, 11) is 2.05. The van der Waals surface area contributed by atoms with Crippen molar-refractivity contribution in [2.24, 2.45) is 24.1 Å². The van der Waals surface area contributed by atoms with Crippen molar-refractivity contribution in [3.8, 4) is 11.5 Å². The first-order valence-electron chi connectivity index (χ1n) is 12.7. The maximum absolute atomic E-state index is 13.2. The maximum Gasteiger partial charge on any atom is 0.253 e. The summed E-state index contributed by atoms with van der Waals surface area (Å²) in [6.45, 7) is 7.02. The summed E-state index contributed by atoms with van der Waals surface area (Å²) in [6.07, 6.45) is 6.26. The van der Waals surface area contributed by atoms with E-state index in [2.05, 4.69) is 42.2 Å². The van der Waals surface area contributed by atoms with Crippen LogP contribution < -0.4 is 5.73 Å². The van der Waals surface area contributed by atoms with E-state index in [-0.39, 0.29) is 11.9 Å². The number of carbonyl (C=O) groups excluding carboxylic acids is 1. The van der Waals surface area contributed by atoms with Gasteiger partial charge in [-0.15, -0.1) is 0 Å². The van der Waals surface area contributed by atoms with Crippen molar-refractivity contribution in [3.63, 3.8) is 0 Å². The molecule has 4 aromatic rings. The lowest BCUT2D eigenvalue weighted by Crippen LogP contribution is -2.45. The number of hydrogen-bond donors (Lipinski definition) is 1. The molecule has 1 saturated carbocycles. The van der Waals surface area contributed by atoms with E-state index >= 15 is 0 Å². The molecule has 7 heteroatoms. The second-order valence-corrected chi connectivity index (χ2v) is 11.3. The normalized spacial score (nSPS) is 20.5. The number of carbonyl (C=O) groups is 1. The first-order chi connectivity index (χ1) is 16.8. The van der Waals surface area contributed by atoms with Crippen LogP contribution in [0.25, 0.3) is 33.6 Å². The summed E-state index contributed by atoms with van der Waals surface area (Å²) in [5.41, 5.74) is 11.2. The van der Waals surface area contributed by atoms with Crippen LogP contribution in [0.2, 0.25) is 0 Å². The molecule has 0 radical (unpaired) electrons. The van der Waals surface area contributed by atoms with E-state index in [1.165, 1.54) is 12.8 Å². The van der Waals surface area contributed by atoms with Crippen molar-refractivity contribution in [1.82, 2.24) is 24.0 Å². The topological polar surface area (TPSA) is 82.0 Å². The lowest BCUT2D eigenvalue weighted by atomic mass is 9.64. The zero-order valence-corrected chi connectivity index (χ0v) is 20.9. The van der Waals surface area contributed by atoms with Gasteiger partial charge in [0.1, 0.15) is 5.65 Å². The van der Waals surface area contributed by atoms with Gasteiger partial charge in [-0.1, -0.05) is 13.8 Å². The molecule has 0 spiro atoms. The van der Waals surface area contributed by atoms with Gasteiger partial charge in [0.25, 0.3) is 5.91 Å². The van der Waals surface area contributed by atoms with E-state index in [0.717, 1.165) is 59.5 Å². The summed E-state index contributed by atoms with van der Waals surface area (Å²) >= 11 is 0. The minimum Gasteiger partial charge on any atom is -0.337 e. The average Bonchev–Trinajstić information content (AvgIpc) is 3.34. The molecule has 1 aliphatic heterocycles. The molecule has 2 aliphatic rings. The van der Waals surface area contributed by atoms with Crippen LogP contribution in [0.15, 0.2) is 42.6 Å². The minimum atomic E-state index is 0.0418. The Morgan fingerprint density at radius 1 is 1.20 bits per heavy atom. The molecule has 7 nitrogen and oxygen atoms in total. The summed E-state index contributed by atoms with van der Waals surface area (Å²) < 4.78 is 4.48. The molecule has 3 aromatic heterocycles. The summed E-state index contributed by atoms with van der Waals surface area (Å²) in [5, 5.41) is 1.13. The van der Waals surface area contributed by atoms with E-state index < -0.39 is 0 Å². The van der Waals surface area contributed by atoms with Crippen molar-refractivity contribution >= 4 is 28.0 Å². The monoisotopic (exact) mass is 470 g/mol. The van der Waals surface area contributed by atoms with Crippen LogP contribution >= 0.6 is 0 Å². The molecule has 182 valence electrons. The quantitative estimate of drug-likeness (QED) is 0.473. The highest BCUT2D eigenvalue weighted by atomic mass is 16.2. The Morgan fingerprint density at radius 2 is 2.03 bits per heavy atom. The Labute approximate surface area is 205 Å². The third kappa shape index (κ3) is 3.92. The van der Waals surface area contributed by atoms with E-state index in [1.54, 1.807) is 0 Å². The second-order valence-electron chi connectivity index (χ2n) is 11.3. The number of benzene rings is 1.